The molecule has 3 heterocycles. The Hall–Kier alpha value is -3.40. The van der Waals surface area contributed by atoms with Gasteiger partial charge in [-0.1, -0.05) is 26.0 Å². The van der Waals surface area contributed by atoms with Crippen molar-refractivity contribution in [1.29, 1.82) is 0 Å². The van der Waals surface area contributed by atoms with E-state index in [1.807, 2.05) is 24.3 Å². The highest BCUT2D eigenvalue weighted by Gasteiger charge is 2.19. The smallest absolute Gasteiger partial charge is 0.352 e. The lowest BCUT2D eigenvalue weighted by molar-refractivity contribution is -0.122. The molecule has 1 N–H and O–H groups in total. The van der Waals surface area contributed by atoms with Gasteiger partial charge >= 0.3 is 5.69 Å². The van der Waals surface area contributed by atoms with E-state index in [4.69, 9.17) is 4.74 Å². The second-order valence-corrected chi connectivity index (χ2v) is 8.89. The maximum atomic E-state index is 13.1. The fourth-order valence-electron chi connectivity index (χ4n) is 3.50. The van der Waals surface area contributed by atoms with Gasteiger partial charge in [0.25, 0.3) is 5.56 Å². The molecule has 0 radical (unpaired) electrons. The van der Waals surface area contributed by atoms with Crippen LogP contribution in [0.3, 0.4) is 0 Å². The van der Waals surface area contributed by atoms with Crippen molar-refractivity contribution in [2.45, 2.75) is 39.9 Å². The van der Waals surface area contributed by atoms with Crippen LogP contribution in [-0.2, 0) is 24.4 Å². The number of amides is 1. The van der Waals surface area contributed by atoms with Crippen LogP contribution in [0, 0.1) is 5.92 Å². The van der Waals surface area contributed by atoms with Crippen LogP contribution in [0.2, 0.25) is 0 Å². The number of nitrogens with zero attached hydrogens (tertiary/aromatic N) is 4. The molecule has 4 rings (SSSR count). The zero-order chi connectivity index (χ0) is 22.8. The van der Waals surface area contributed by atoms with Gasteiger partial charge in [0.2, 0.25) is 11.7 Å². The molecule has 9 nitrogen and oxygen atoms in total. The Bertz CT molecular complexity index is 1400. The van der Waals surface area contributed by atoms with Crippen molar-refractivity contribution >= 4 is 33.2 Å². The number of rotatable bonds is 8. The number of benzene rings is 1. The third kappa shape index (κ3) is 4.18. The third-order valence-electron chi connectivity index (χ3n) is 5.24. The molecule has 0 bridgehead atoms. The zero-order valence-electron chi connectivity index (χ0n) is 18.2. The number of carbonyl (C=O) groups is 1. The quantitative estimate of drug-likeness (QED) is 0.439. The lowest BCUT2D eigenvalue weighted by Crippen LogP contribution is -2.32. The highest BCUT2D eigenvalue weighted by atomic mass is 32.1. The third-order valence-corrected chi connectivity index (χ3v) is 6.13. The van der Waals surface area contributed by atoms with Gasteiger partial charge in [0.05, 0.1) is 12.6 Å². The summed E-state index contributed by atoms with van der Waals surface area (Å²) in [4.78, 5) is 38.6. The predicted molar refractivity (Wildman–Crippen MR) is 123 cm³/mol. The molecule has 32 heavy (non-hydrogen) atoms. The van der Waals surface area contributed by atoms with E-state index in [0.29, 0.717) is 35.0 Å². The van der Waals surface area contributed by atoms with Gasteiger partial charge in [0.15, 0.2) is 0 Å². The molecular formula is C22H25N5O4S. The molecule has 3 aromatic heterocycles. The fraction of sp³-hybridized carbons (Fsp3) is 0.364. The Balaban J connectivity index is 1.64. The van der Waals surface area contributed by atoms with E-state index in [1.165, 1.54) is 20.3 Å². The number of thiophene rings is 1. The fourth-order valence-corrected chi connectivity index (χ4v) is 4.32. The van der Waals surface area contributed by atoms with Crippen molar-refractivity contribution in [3.8, 4) is 5.75 Å². The molecule has 0 saturated carbocycles. The number of ether oxygens (including phenoxy) is 1. The van der Waals surface area contributed by atoms with Crippen LogP contribution in [0.5, 0.6) is 5.75 Å². The maximum Gasteiger partial charge on any atom is 0.352 e. The molecule has 10 heteroatoms. The zero-order valence-corrected chi connectivity index (χ0v) is 19.0. The number of hydrogen-bond acceptors (Lipinski definition) is 6. The molecule has 4 aromatic rings. The number of nitrogens with one attached hydrogen (secondary N) is 1. The number of carbonyl (C=O) groups excluding carboxylic acids is 1. The van der Waals surface area contributed by atoms with Crippen LogP contribution in [0.15, 0.2) is 45.3 Å². The second-order valence-electron chi connectivity index (χ2n) is 7.98. The number of hydrogen-bond donors (Lipinski definition) is 1. The SMILES string of the molecule is COc1cccc(CNC(=O)Cn2nc3n(CCC(C)C)c(=O)c4sccc4n3c2=O)c1. The summed E-state index contributed by atoms with van der Waals surface area (Å²) in [5.74, 6) is 0.993. The second kappa shape index (κ2) is 8.99. The van der Waals surface area contributed by atoms with Crippen LogP contribution in [-0.4, -0.2) is 31.8 Å². The average molecular weight is 456 g/mol. The van der Waals surface area contributed by atoms with Crippen molar-refractivity contribution in [2.75, 3.05) is 7.11 Å². The first-order valence-electron chi connectivity index (χ1n) is 10.4. The minimum atomic E-state index is -0.446. The summed E-state index contributed by atoms with van der Waals surface area (Å²) in [6.45, 7) is 4.65. The molecule has 1 amide bonds. The molecule has 0 unspecified atom stereocenters. The monoisotopic (exact) mass is 455 g/mol. The first-order valence-corrected chi connectivity index (χ1v) is 11.3. The van der Waals surface area contributed by atoms with Crippen LogP contribution < -0.4 is 21.3 Å². The number of aryl methyl sites for hydroxylation is 1. The van der Waals surface area contributed by atoms with Gasteiger partial charge in [0, 0.05) is 13.1 Å². The largest absolute Gasteiger partial charge is 0.497 e. The molecule has 0 spiro atoms. The molecule has 0 aliphatic carbocycles. The lowest BCUT2D eigenvalue weighted by atomic mass is 10.1. The van der Waals surface area contributed by atoms with Gasteiger partial charge < -0.3 is 10.1 Å². The van der Waals surface area contributed by atoms with Crippen LogP contribution >= 0.6 is 11.3 Å². The van der Waals surface area contributed by atoms with Gasteiger partial charge in [0.1, 0.15) is 17.0 Å². The van der Waals surface area contributed by atoms with Crippen molar-refractivity contribution in [1.82, 2.24) is 24.1 Å². The standard InChI is InChI=1S/C22H25N5O4S/c1-14(2)7-9-25-20(29)19-17(8-10-32-19)27-21(25)24-26(22(27)30)13-18(28)23-12-15-5-4-6-16(11-15)31-3/h4-6,8,10-11,14H,7,9,12-13H2,1-3H3,(H,23,28). The molecule has 0 aliphatic heterocycles. The number of aromatic nitrogens is 4. The van der Waals surface area contributed by atoms with E-state index in [-0.39, 0.29) is 23.8 Å². The van der Waals surface area contributed by atoms with Crippen LogP contribution in [0.25, 0.3) is 16.0 Å². The van der Waals surface area contributed by atoms with E-state index in [1.54, 1.807) is 18.6 Å². The molecule has 0 atom stereocenters. The minimum Gasteiger partial charge on any atom is -0.497 e. The van der Waals surface area contributed by atoms with Gasteiger partial charge in [-0.3, -0.25) is 14.2 Å². The number of methoxy groups -OCH3 is 1. The molecule has 0 fully saturated rings. The summed E-state index contributed by atoms with van der Waals surface area (Å²) >= 11 is 1.30. The lowest BCUT2D eigenvalue weighted by Gasteiger charge is -2.09. The predicted octanol–water partition coefficient (Wildman–Crippen LogP) is 2.24. The molecule has 168 valence electrons. The number of fused-ring (bicyclic) bond motifs is 3. The molecule has 0 saturated heterocycles. The Morgan fingerprint density at radius 3 is 2.81 bits per heavy atom. The van der Waals surface area contributed by atoms with E-state index in [9.17, 15) is 14.4 Å². The first-order chi connectivity index (χ1) is 15.4. The summed E-state index contributed by atoms with van der Waals surface area (Å²) in [7, 11) is 1.58. The normalized spacial score (nSPS) is 11.5. The van der Waals surface area contributed by atoms with Crippen molar-refractivity contribution in [3.05, 3.63) is 62.1 Å². The topological polar surface area (TPSA) is 99.6 Å². The summed E-state index contributed by atoms with van der Waals surface area (Å²) in [6, 6.07) is 9.11. The Morgan fingerprint density at radius 2 is 2.06 bits per heavy atom. The van der Waals surface area contributed by atoms with Gasteiger partial charge in [-0.2, -0.15) is 0 Å². The van der Waals surface area contributed by atoms with E-state index < -0.39 is 5.69 Å². The van der Waals surface area contributed by atoms with E-state index >= 15 is 0 Å². The summed E-state index contributed by atoms with van der Waals surface area (Å²) < 4.78 is 9.76. The summed E-state index contributed by atoms with van der Waals surface area (Å²) in [6.07, 6.45) is 0.772. The Kier molecular flexibility index (Phi) is 6.13. The van der Waals surface area contributed by atoms with Crippen molar-refractivity contribution in [3.63, 3.8) is 0 Å². The minimum absolute atomic E-state index is 0.164. The van der Waals surface area contributed by atoms with Crippen LogP contribution in [0.4, 0.5) is 0 Å². The van der Waals surface area contributed by atoms with E-state index in [0.717, 1.165) is 16.7 Å². The van der Waals surface area contributed by atoms with Crippen molar-refractivity contribution < 1.29 is 9.53 Å². The molecular weight excluding hydrogens is 430 g/mol. The maximum absolute atomic E-state index is 13.1. The Labute approximate surface area is 187 Å². The van der Waals surface area contributed by atoms with Gasteiger partial charge in [-0.05, 0) is 41.5 Å². The molecule has 0 aliphatic rings. The summed E-state index contributed by atoms with van der Waals surface area (Å²) in [5, 5.41) is 8.94. The highest BCUT2D eigenvalue weighted by molar-refractivity contribution is 7.17. The average Bonchev–Trinajstić information content (AvgIpc) is 3.37. The van der Waals surface area contributed by atoms with Crippen LogP contribution in [0.1, 0.15) is 25.8 Å². The highest BCUT2D eigenvalue weighted by Crippen LogP contribution is 2.18. The van der Waals surface area contributed by atoms with E-state index in [2.05, 4.69) is 24.3 Å². The van der Waals surface area contributed by atoms with Crippen molar-refractivity contribution in [2.24, 2.45) is 5.92 Å². The van der Waals surface area contributed by atoms with Gasteiger partial charge in [-0.15, -0.1) is 16.4 Å². The Morgan fingerprint density at radius 1 is 1.25 bits per heavy atom. The molecule has 1 aromatic carbocycles. The first kappa shape index (κ1) is 21.8. The van der Waals surface area contributed by atoms with Gasteiger partial charge in [-0.25, -0.2) is 13.9 Å². The summed E-state index contributed by atoms with van der Waals surface area (Å²) in [5.41, 5.74) is 0.785.